The van der Waals surface area contributed by atoms with Crippen LogP contribution in [0.25, 0.3) is 10.8 Å². The van der Waals surface area contributed by atoms with Crippen molar-refractivity contribution in [2.24, 2.45) is 0 Å². The number of benzene rings is 2. The zero-order valence-corrected chi connectivity index (χ0v) is 13.9. The second-order valence-corrected chi connectivity index (χ2v) is 3.26. The number of ether oxygens (including phenoxy) is 1. The summed E-state index contributed by atoms with van der Waals surface area (Å²) in [6.07, 6.45) is 1.03. The van der Waals surface area contributed by atoms with Gasteiger partial charge in [-0.3, -0.25) is 0 Å². The summed E-state index contributed by atoms with van der Waals surface area (Å²) in [7, 11) is 0. The average Bonchev–Trinajstić information content (AvgIpc) is 2.38. The molecule has 0 bridgehead atoms. The van der Waals surface area contributed by atoms with Crippen molar-refractivity contribution in [1.29, 1.82) is 0 Å². The van der Waals surface area contributed by atoms with Crippen LogP contribution in [0.2, 0.25) is 0 Å². The molecule has 2 aromatic carbocycles. The molecule has 0 spiro atoms. The molecule has 0 aliphatic rings. The van der Waals surface area contributed by atoms with Crippen molar-refractivity contribution in [3.63, 3.8) is 0 Å². The van der Waals surface area contributed by atoms with Gasteiger partial charge in [0, 0.05) is 5.75 Å². The molecule has 80 valence electrons. The van der Waals surface area contributed by atoms with Crippen LogP contribution in [0.15, 0.2) is 36.4 Å². The van der Waals surface area contributed by atoms with E-state index in [4.69, 9.17) is 4.74 Å². The van der Waals surface area contributed by atoms with Crippen molar-refractivity contribution < 1.29 is 21.1 Å². The predicted octanol–water partition coefficient (Wildman–Crippen LogP) is 4.27. The Hall–Kier alpha value is -0.397. The van der Waals surface area contributed by atoms with Gasteiger partial charge in [-0.25, -0.2) is 0 Å². The van der Waals surface area contributed by atoms with Gasteiger partial charge in [-0.2, -0.15) is 0 Å². The Morgan fingerprint density at radius 2 is 1.94 bits per heavy atom. The van der Waals surface area contributed by atoms with Crippen LogP contribution in [0, 0.1) is 6.07 Å². The summed E-state index contributed by atoms with van der Waals surface area (Å²) in [4.78, 5) is 0. The van der Waals surface area contributed by atoms with Crippen molar-refractivity contribution in [2.75, 3.05) is 6.61 Å². The first-order valence-corrected chi connectivity index (χ1v) is 12.2. The molecule has 0 N–H and O–H groups in total. The van der Waals surface area contributed by atoms with E-state index >= 15 is 0 Å². The van der Waals surface area contributed by atoms with E-state index < -0.39 is 0 Å². The molecule has 0 atom stereocenters. The van der Waals surface area contributed by atoms with Crippen LogP contribution in [-0.2, 0) is 16.3 Å². The SMILES string of the molecule is CCCOc1[c-]c2ccccc2cc1.[Zn+][Br]. The van der Waals surface area contributed by atoms with Gasteiger partial charge in [-0.1, -0.05) is 25.1 Å². The summed E-state index contributed by atoms with van der Waals surface area (Å²) in [5, 5.41) is 2.32. The van der Waals surface area contributed by atoms with Gasteiger partial charge in [0.1, 0.15) is 0 Å². The summed E-state index contributed by atoms with van der Waals surface area (Å²) in [5.41, 5.74) is 0. The van der Waals surface area contributed by atoms with E-state index in [1.54, 1.807) is 0 Å². The number of hydrogen-bond donors (Lipinski definition) is 0. The summed E-state index contributed by atoms with van der Waals surface area (Å²) in [6.45, 7) is 2.86. The van der Waals surface area contributed by atoms with Gasteiger partial charge in [0.15, 0.2) is 0 Å². The predicted molar refractivity (Wildman–Crippen MR) is 67.5 cm³/mol. The Balaban J connectivity index is 0.000000606. The second-order valence-electron chi connectivity index (χ2n) is 3.26. The van der Waals surface area contributed by atoms with Crippen LogP contribution in [0.4, 0.5) is 0 Å². The first-order valence-electron chi connectivity index (χ1n) is 5.21. The van der Waals surface area contributed by atoms with Crippen molar-refractivity contribution >= 4 is 24.4 Å². The Bertz CT molecular complexity index is 431. The molecule has 0 unspecified atom stereocenters. The fourth-order valence-electron chi connectivity index (χ4n) is 1.39. The van der Waals surface area contributed by atoms with E-state index in [9.17, 15) is 0 Å². The van der Waals surface area contributed by atoms with Crippen LogP contribution >= 0.6 is 13.6 Å². The molecule has 0 saturated carbocycles. The fourth-order valence-corrected chi connectivity index (χ4v) is 1.39. The minimum absolute atomic E-state index is 0.759. The molecule has 2 rings (SSSR count). The van der Waals surface area contributed by atoms with Crippen LogP contribution < -0.4 is 4.74 Å². The van der Waals surface area contributed by atoms with Crippen LogP contribution in [-0.4, -0.2) is 6.61 Å². The molecule has 0 aromatic heterocycles. The Morgan fingerprint density at radius 3 is 2.69 bits per heavy atom. The van der Waals surface area contributed by atoms with Gasteiger partial charge in [-0.15, -0.1) is 35.0 Å². The third-order valence-corrected chi connectivity index (χ3v) is 2.09. The molecule has 2 aromatic rings. The Morgan fingerprint density at radius 1 is 1.19 bits per heavy atom. The van der Waals surface area contributed by atoms with Gasteiger partial charge in [0.05, 0.1) is 6.61 Å². The van der Waals surface area contributed by atoms with E-state index in [-0.39, 0.29) is 0 Å². The molecule has 0 fully saturated rings. The van der Waals surface area contributed by atoms with Crippen molar-refractivity contribution in [3.05, 3.63) is 42.5 Å². The maximum atomic E-state index is 5.51. The van der Waals surface area contributed by atoms with Gasteiger partial charge < -0.3 is 4.74 Å². The molecule has 0 radical (unpaired) electrons. The molecule has 0 heterocycles. The van der Waals surface area contributed by atoms with Crippen molar-refractivity contribution in [2.45, 2.75) is 13.3 Å². The summed E-state index contributed by atoms with van der Waals surface area (Å²) in [6, 6.07) is 15.5. The zero-order chi connectivity index (χ0) is 11.8. The summed E-state index contributed by atoms with van der Waals surface area (Å²) < 4.78 is 5.51. The summed E-state index contributed by atoms with van der Waals surface area (Å²) >= 11 is 4.25. The standard InChI is InChI=1S/C13H13O.BrH.Zn/c1-2-9-14-13-8-7-11-5-3-4-6-12(11)10-13;;/h3-8H,2,9H2,1H3;1H;/q-1;;+2/p-1. The maximum absolute atomic E-state index is 5.51. The van der Waals surface area contributed by atoms with Gasteiger partial charge in [-0.05, 0) is 6.42 Å². The zero-order valence-electron chi connectivity index (χ0n) is 9.37. The van der Waals surface area contributed by atoms with Gasteiger partial charge in [0.25, 0.3) is 0 Å². The average molecular weight is 331 g/mol. The molecule has 0 aliphatic heterocycles. The fraction of sp³-hybridized carbons (Fsp3) is 0.231. The third kappa shape index (κ3) is 3.88. The van der Waals surface area contributed by atoms with Crippen LogP contribution in [0.3, 0.4) is 0 Å². The second kappa shape index (κ2) is 7.81. The van der Waals surface area contributed by atoms with Gasteiger partial charge in [0.2, 0.25) is 0 Å². The van der Waals surface area contributed by atoms with Crippen molar-refractivity contribution in [1.82, 2.24) is 0 Å². The third-order valence-electron chi connectivity index (χ3n) is 2.09. The van der Waals surface area contributed by atoms with E-state index in [1.165, 1.54) is 21.7 Å². The molecule has 1 nitrogen and oxygen atoms in total. The van der Waals surface area contributed by atoms with Crippen molar-refractivity contribution in [3.8, 4) is 5.75 Å². The van der Waals surface area contributed by atoms with Gasteiger partial charge >= 0.3 is 30.0 Å². The first-order chi connectivity index (χ1) is 7.90. The Labute approximate surface area is 113 Å². The topological polar surface area (TPSA) is 9.23 Å². The van der Waals surface area contributed by atoms with E-state index in [0.29, 0.717) is 0 Å². The van der Waals surface area contributed by atoms with E-state index in [1.807, 2.05) is 24.3 Å². The quantitative estimate of drug-likeness (QED) is 0.603. The molecule has 16 heavy (non-hydrogen) atoms. The molecule has 0 amide bonds. The number of halogens is 1. The normalized spacial score (nSPS) is 9.50. The molecular formula is C13H13BrOZn. The van der Waals surface area contributed by atoms with Crippen LogP contribution in [0.1, 0.15) is 13.3 Å². The number of fused-ring (bicyclic) bond motifs is 1. The number of rotatable bonds is 3. The summed E-state index contributed by atoms with van der Waals surface area (Å²) in [5.74, 6) is 0.838. The van der Waals surface area contributed by atoms with E-state index in [0.717, 1.165) is 24.2 Å². The molecule has 3 heteroatoms. The van der Waals surface area contributed by atoms with Crippen LogP contribution in [0.5, 0.6) is 5.75 Å². The van der Waals surface area contributed by atoms with E-state index in [2.05, 4.69) is 38.7 Å². The molecule has 0 saturated heterocycles. The first kappa shape index (κ1) is 13.7. The molecule has 0 aliphatic carbocycles. The molecular weight excluding hydrogens is 317 g/mol. The number of hydrogen-bond acceptors (Lipinski definition) is 1. The minimum atomic E-state index is 0.759. The Kier molecular flexibility index (Phi) is 6.67. The monoisotopic (exact) mass is 328 g/mol.